The van der Waals surface area contributed by atoms with Crippen LogP contribution in [0.3, 0.4) is 0 Å². The van der Waals surface area contributed by atoms with Crippen LogP contribution in [0.25, 0.3) is 0 Å². The fourth-order valence-corrected chi connectivity index (χ4v) is 2.53. The van der Waals surface area contributed by atoms with Crippen LogP contribution in [-0.2, 0) is 6.42 Å². The maximum absolute atomic E-state index is 6.21. The van der Waals surface area contributed by atoms with Crippen molar-refractivity contribution in [3.8, 4) is 0 Å². The largest absolute Gasteiger partial charge is 0.324 e. The zero-order valence-corrected chi connectivity index (χ0v) is 11.7. The second-order valence-electron chi connectivity index (χ2n) is 4.50. The first-order valence-electron chi connectivity index (χ1n) is 5.82. The van der Waals surface area contributed by atoms with Crippen LogP contribution >= 0.6 is 23.2 Å². The molecule has 0 aliphatic rings. The highest BCUT2D eigenvalue weighted by Crippen LogP contribution is 2.22. The summed E-state index contributed by atoms with van der Waals surface area (Å²) in [6.07, 6.45) is 0.750. The van der Waals surface area contributed by atoms with Crippen molar-refractivity contribution < 1.29 is 0 Å². The van der Waals surface area contributed by atoms with Crippen LogP contribution in [0, 0.1) is 6.92 Å². The molecule has 0 heterocycles. The van der Waals surface area contributed by atoms with Crippen molar-refractivity contribution in [1.82, 2.24) is 0 Å². The summed E-state index contributed by atoms with van der Waals surface area (Å²) in [5.41, 5.74) is 9.52. The van der Waals surface area contributed by atoms with Crippen molar-refractivity contribution in [2.24, 2.45) is 5.73 Å². The van der Waals surface area contributed by atoms with E-state index in [0.29, 0.717) is 0 Å². The van der Waals surface area contributed by atoms with Gasteiger partial charge in [0.05, 0.1) is 0 Å². The highest BCUT2D eigenvalue weighted by Gasteiger charge is 2.08. The molecular weight excluding hydrogens is 265 g/mol. The highest BCUT2D eigenvalue weighted by atomic mass is 35.5. The van der Waals surface area contributed by atoms with Gasteiger partial charge in [-0.1, -0.05) is 41.4 Å². The average Bonchev–Trinajstić information content (AvgIpc) is 2.27. The fraction of sp³-hybridized carbons (Fsp3) is 0.200. The van der Waals surface area contributed by atoms with Crippen LogP contribution in [0.1, 0.15) is 22.7 Å². The number of rotatable bonds is 3. The van der Waals surface area contributed by atoms with Gasteiger partial charge in [-0.2, -0.15) is 0 Å². The minimum Gasteiger partial charge on any atom is -0.324 e. The predicted molar refractivity (Wildman–Crippen MR) is 78.3 cm³/mol. The Balaban J connectivity index is 2.19. The Kier molecular flexibility index (Phi) is 4.28. The van der Waals surface area contributed by atoms with E-state index < -0.39 is 0 Å². The smallest absolute Gasteiger partial charge is 0.0411 e. The van der Waals surface area contributed by atoms with Crippen molar-refractivity contribution in [1.29, 1.82) is 0 Å². The quantitative estimate of drug-likeness (QED) is 0.877. The van der Waals surface area contributed by atoms with E-state index in [1.54, 1.807) is 0 Å². The Labute approximate surface area is 118 Å². The third-order valence-electron chi connectivity index (χ3n) is 2.84. The number of benzene rings is 2. The Hall–Kier alpha value is -1.02. The van der Waals surface area contributed by atoms with Crippen molar-refractivity contribution in [3.05, 3.63) is 69.2 Å². The molecule has 2 N–H and O–H groups in total. The van der Waals surface area contributed by atoms with E-state index in [4.69, 9.17) is 28.9 Å². The van der Waals surface area contributed by atoms with Gasteiger partial charge in [-0.15, -0.1) is 0 Å². The standard InChI is InChI=1S/C15H15Cl2N/c1-10-5-12(9-14(17)6-10)15(18)8-11-3-2-4-13(16)7-11/h2-7,9,15H,8,18H2,1H3. The molecule has 0 aliphatic heterocycles. The number of hydrogen-bond acceptors (Lipinski definition) is 1. The molecule has 0 radical (unpaired) electrons. The van der Waals surface area contributed by atoms with Crippen LogP contribution in [0.4, 0.5) is 0 Å². The van der Waals surface area contributed by atoms with Crippen LogP contribution in [0.5, 0.6) is 0 Å². The van der Waals surface area contributed by atoms with Crippen molar-refractivity contribution in [2.45, 2.75) is 19.4 Å². The minimum absolute atomic E-state index is 0.0686. The number of halogens is 2. The molecule has 0 aliphatic carbocycles. The summed E-state index contributed by atoms with van der Waals surface area (Å²) in [5, 5.41) is 1.47. The molecule has 0 saturated carbocycles. The van der Waals surface area contributed by atoms with Gasteiger partial charge >= 0.3 is 0 Å². The van der Waals surface area contributed by atoms with E-state index in [1.165, 1.54) is 0 Å². The van der Waals surface area contributed by atoms with Gasteiger partial charge in [0.15, 0.2) is 0 Å². The van der Waals surface area contributed by atoms with Crippen LogP contribution < -0.4 is 5.73 Å². The summed E-state index contributed by atoms with van der Waals surface area (Å²) in [4.78, 5) is 0. The first-order valence-corrected chi connectivity index (χ1v) is 6.57. The van der Waals surface area contributed by atoms with Gasteiger partial charge in [-0.05, 0) is 54.3 Å². The molecule has 18 heavy (non-hydrogen) atoms. The van der Waals surface area contributed by atoms with E-state index in [1.807, 2.05) is 43.3 Å². The van der Waals surface area contributed by atoms with Crippen LogP contribution in [-0.4, -0.2) is 0 Å². The fourth-order valence-electron chi connectivity index (χ4n) is 2.01. The Morgan fingerprint density at radius 3 is 2.50 bits per heavy atom. The summed E-state index contributed by atoms with van der Waals surface area (Å²) >= 11 is 12.0. The van der Waals surface area contributed by atoms with E-state index in [9.17, 15) is 0 Å². The molecule has 0 spiro atoms. The molecule has 1 nitrogen and oxygen atoms in total. The Morgan fingerprint density at radius 1 is 1.06 bits per heavy atom. The minimum atomic E-state index is -0.0686. The van der Waals surface area contributed by atoms with Crippen molar-refractivity contribution in [3.63, 3.8) is 0 Å². The molecule has 0 saturated heterocycles. The summed E-state index contributed by atoms with van der Waals surface area (Å²) in [5.74, 6) is 0. The number of aryl methyl sites for hydroxylation is 1. The van der Waals surface area contributed by atoms with E-state index in [0.717, 1.165) is 33.2 Å². The first-order chi connectivity index (χ1) is 8.54. The average molecular weight is 280 g/mol. The monoisotopic (exact) mass is 279 g/mol. The number of nitrogens with two attached hydrogens (primary N) is 1. The van der Waals surface area contributed by atoms with Gasteiger partial charge in [-0.3, -0.25) is 0 Å². The van der Waals surface area contributed by atoms with Gasteiger partial charge in [0.1, 0.15) is 0 Å². The lowest BCUT2D eigenvalue weighted by Crippen LogP contribution is -2.13. The van der Waals surface area contributed by atoms with Crippen molar-refractivity contribution in [2.75, 3.05) is 0 Å². The molecule has 0 fully saturated rings. The van der Waals surface area contributed by atoms with E-state index in [-0.39, 0.29) is 6.04 Å². The molecular formula is C15H15Cl2N. The molecule has 0 amide bonds. The third-order valence-corrected chi connectivity index (χ3v) is 3.29. The lowest BCUT2D eigenvalue weighted by molar-refractivity contribution is 0.721. The molecule has 94 valence electrons. The normalized spacial score (nSPS) is 12.4. The molecule has 2 rings (SSSR count). The summed E-state index contributed by atoms with van der Waals surface area (Å²) in [6, 6.07) is 13.6. The molecule has 1 unspecified atom stereocenters. The van der Waals surface area contributed by atoms with E-state index >= 15 is 0 Å². The topological polar surface area (TPSA) is 26.0 Å². The zero-order chi connectivity index (χ0) is 13.1. The summed E-state index contributed by atoms with van der Waals surface area (Å²) < 4.78 is 0. The Bertz CT molecular complexity index is 532. The molecule has 1 atom stereocenters. The van der Waals surface area contributed by atoms with Crippen LogP contribution in [0.2, 0.25) is 10.0 Å². The molecule has 2 aromatic rings. The molecule has 3 heteroatoms. The second-order valence-corrected chi connectivity index (χ2v) is 5.38. The third kappa shape index (κ3) is 3.49. The molecule has 0 bridgehead atoms. The zero-order valence-electron chi connectivity index (χ0n) is 10.2. The highest BCUT2D eigenvalue weighted by molar-refractivity contribution is 6.31. The maximum atomic E-state index is 6.21. The summed E-state index contributed by atoms with van der Waals surface area (Å²) in [7, 11) is 0. The van der Waals surface area contributed by atoms with Gasteiger partial charge in [0.25, 0.3) is 0 Å². The summed E-state index contributed by atoms with van der Waals surface area (Å²) in [6.45, 7) is 2.02. The van der Waals surface area contributed by atoms with Gasteiger partial charge in [0.2, 0.25) is 0 Å². The molecule has 2 aromatic carbocycles. The van der Waals surface area contributed by atoms with E-state index in [2.05, 4.69) is 6.07 Å². The number of hydrogen-bond donors (Lipinski definition) is 1. The SMILES string of the molecule is Cc1cc(Cl)cc(C(N)Cc2cccc(Cl)c2)c1. The van der Waals surface area contributed by atoms with Gasteiger partial charge in [-0.25, -0.2) is 0 Å². The van der Waals surface area contributed by atoms with Crippen LogP contribution in [0.15, 0.2) is 42.5 Å². The van der Waals surface area contributed by atoms with Gasteiger partial charge in [0, 0.05) is 16.1 Å². The van der Waals surface area contributed by atoms with Gasteiger partial charge < -0.3 is 5.73 Å². The van der Waals surface area contributed by atoms with Crippen molar-refractivity contribution >= 4 is 23.2 Å². The predicted octanol–water partition coefficient (Wildman–Crippen LogP) is 4.54. The lowest BCUT2D eigenvalue weighted by atomic mass is 9.98. The lowest BCUT2D eigenvalue weighted by Gasteiger charge is -2.13. The first kappa shape index (κ1) is 13.4. The second kappa shape index (κ2) is 5.75. The maximum Gasteiger partial charge on any atom is 0.0411 e. The molecule has 0 aromatic heterocycles. The Morgan fingerprint density at radius 2 is 1.83 bits per heavy atom.